The minimum absolute atomic E-state index is 0.416. The molecule has 0 saturated carbocycles. The zero-order valence-corrected chi connectivity index (χ0v) is 7.45. The molecule has 0 saturated heterocycles. The van der Waals surface area contributed by atoms with Crippen LogP contribution in [0.1, 0.15) is 42.2 Å². The summed E-state index contributed by atoms with van der Waals surface area (Å²) in [6.45, 7) is 4.20. The summed E-state index contributed by atoms with van der Waals surface area (Å²) >= 11 is 0. The lowest BCUT2D eigenvalue weighted by atomic mass is 9.98. The highest BCUT2D eigenvalue weighted by Crippen LogP contribution is 2.19. The van der Waals surface area contributed by atoms with Gasteiger partial charge >= 0.3 is 0 Å². The van der Waals surface area contributed by atoms with Gasteiger partial charge in [-0.2, -0.15) is 0 Å². The molecule has 2 heteroatoms. The molecule has 0 N–H and O–H groups in total. The molecular formula is C10H13NO. The van der Waals surface area contributed by atoms with Crippen molar-refractivity contribution in [3.05, 3.63) is 29.6 Å². The Morgan fingerprint density at radius 3 is 3.00 bits per heavy atom. The van der Waals surface area contributed by atoms with E-state index in [0.29, 0.717) is 11.6 Å². The van der Waals surface area contributed by atoms with Crippen molar-refractivity contribution in [3.63, 3.8) is 0 Å². The van der Waals surface area contributed by atoms with Crippen molar-refractivity contribution < 1.29 is 4.79 Å². The number of carbonyl (C=O) groups excluding carboxylic acids is 1. The molecule has 0 aliphatic heterocycles. The van der Waals surface area contributed by atoms with E-state index < -0.39 is 0 Å². The van der Waals surface area contributed by atoms with Crippen molar-refractivity contribution in [1.29, 1.82) is 0 Å². The molecular weight excluding hydrogens is 150 g/mol. The van der Waals surface area contributed by atoms with E-state index in [0.717, 1.165) is 18.3 Å². The second kappa shape index (κ2) is 4.00. The lowest BCUT2D eigenvalue weighted by Crippen LogP contribution is -1.99. The quantitative estimate of drug-likeness (QED) is 0.640. The first kappa shape index (κ1) is 8.91. The Kier molecular flexibility index (Phi) is 2.97. The zero-order chi connectivity index (χ0) is 8.97. The van der Waals surface area contributed by atoms with Gasteiger partial charge in [-0.05, 0) is 24.0 Å². The topological polar surface area (TPSA) is 30.0 Å². The highest BCUT2D eigenvalue weighted by atomic mass is 16.1. The standard InChI is InChI=1S/C10H13NO/c1-3-8(2)9-5-4-6-11-10(9)7-12/h4-8H,3H2,1-2H3. The van der Waals surface area contributed by atoms with Crippen molar-refractivity contribution in [3.8, 4) is 0 Å². The monoisotopic (exact) mass is 163 g/mol. The summed E-state index contributed by atoms with van der Waals surface area (Å²) in [5.41, 5.74) is 1.63. The van der Waals surface area contributed by atoms with Crippen LogP contribution in [0.5, 0.6) is 0 Å². The van der Waals surface area contributed by atoms with E-state index in [-0.39, 0.29) is 0 Å². The fourth-order valence-corrected chi connectivity index (χ4v) is 1.17. The van der Waals surface area contributed by atoms with E-state index in [1.807, 2.05) is 12.1 Å². The number of aromatic nitrogens is 1. The predicted octanol–water partition coefficient (Wildman–Crippen LogP) is 2.41. The molecule has 1 heterocycles. The van der Waals surface area contributed by atoms with Crippen molar-refractivity contribution in [2.45, 2.75) is 26.2 Å². The van der Waals surface area contributed by atoms with E-state index >= 15 is 0 Å². The summed E-state index contributed by atoms with van der Waals surface area (Å²) in [4.78, 5) is 14.6. The summed E-state index contributed by atoms with van der Waals surface area (Å²) in [5, 5.41) is 0. The van der Waals surface area contributed by atoms with Crippen LogP contribution >= 0.6 is 0 Å². The van der Waals surface area contributed by atoms with Crippen LogP contribution in [0.2, 0.25) is 0 Å². The van der Waals surface area contributed by atoms with Gasteiger partial charge in [0.15, 0.2) is 6.29 Å². The fraction of sp³-hybridized carbons (Fsp3) is 0.400. The Hall–Kier alpha value is -1.18. The molecule has 1 unspecified atom stereocenters. The first-order chi connectivity index (χ1) is 5.79. The van der Waals surface area contributed by atoms with Crippen LogP contribution < -0.4 is 0 Å². The minimum Gasteiger partial charge on any atom is -0.296 e. The maximum Gasteiger partial charge on any atom is 0.168 e. The Morgan fingerprint density at radius 1 is 1.67 bits per heavy atom. The van der Waals surface area contributed by atoms with Gasteiger partial charge in [0, 0.05) is 6.20 Å². The average Bonchev–Trinajstić information content (AvgIpc) is 2.16. The lowest BCUT2D eigenvalue weighted by molar-refractivity contribution is 0.111. The van der Waals surface area contributed by atoms with Crippen molar-refractivity contribution in [2.75, 3.05) is 0 Å². The maximum absolute atomic E-state index is 10.6. The molecule has 0 aliphatic carbocycles. The van der Waals surface area contributed by atoms with Gasteiger partial charge in [0.2, 0.25) is 0 Å². The van der Waals surface area contributed by atoms with Crippen LogP contribution in [-0.2, 0) is 0 Å². The van der Waals surface area contributed by atoms with E-state index in [2.05, 4.69) is 18.8 Å². The summed E-state index contributed by atoms with van der Waals surface area (Å²) < 4.78 is 0. The van der Waals surface area contributed by atoms with Crippen molar-refractivity contribution in [1.82, 2.24) is 4.98 Å². The molecule has 1 aromatic heterocycles. The average molecular weight is 163 g/mol. The molecule has 0 bridgehead atoms. The lowest BCUT2D eigenvalue weighted by Gasteiger charge is -2.09. The highest BCUT2D eigenvalue weighted by Gasteiger charge is 2.07. The Morgan fingerprint density at radius 2 is 2.42 bits per heavy atom. The summed E-state index contributed by atoms with van der Waals surface area (Å²) in [6.07, 6.45) is 3.50. The van der Waals surface area contributed by atoms with Crippen LogP contribution in [0, 0.1) is 0 Å². The number of pyridine rings is 1. The summed E-state index contributed by atoms with van der Waals surface area (Å²) in [5.74, 6) is 0.416. The van der Waals surface area contributed by atoms with Crippen molar-refractivity contribution >= 4 is 6.29 Å². The van der Waals surface area contributed by atoms with Gasteiger partial charge in [0.25, 0.3) is 0 Å². The van der Waals surface area contributed by atoms with Crippen LogP contribution in [0.4, 0.5) is 0 Å². The molecule has 0 radical (unpaired) electrons. The Bertz CT molecular complexity index is 270. The second-order valence-electron chi connectivity index (χ2n) is 2.91. The second-order valence-corrected chi connectivity index (χ2v) is 2.91. The van der Waals surface area contributed by atoms with Gasteiger partial charge in [-0.3, -0.25) is 9.78 Å². The first-order valence-corrected chi connectivity index (χ1v) is 4.19. The summed E-state index contributed by atoms with van der Waals surface area (Å²) in [6, 6.07) is 3.83. The van der Waals surface area contributed by atoms with Gasteiger partial charge in [0.1, 0.15) is 5.69 Å². The van der Waals surface area contributed by atoms with Crippen LogP contribution in [0.15, 0.2) is 18.3 Å². The normalized spacial score (nSPS) is 12.5. The maximum atomic E-state index is 10.6. The number of hydrogen-bond acceptors (Lipinski definition) is 2. The smallest absolute Gasteiger partial charge is 0.168 e. The van der Waals surface area contributed by atoms with E-state index in [9.17, 15) is 4.79 Å². The molecule has 1 atom stereocenters. The molecule has 0 amide bonds. The van der Waals surface area contributed by atoms with Gasteiger partial charge in [0.05, 0.1) is 0 Å². The molecule has 2 nitrogen and oxygen atoms in total. The Labute approximate surface area is 72.6 Å². The van der Waals surface area contributed by atoms with Crippen molar-refractivity contribution in [2.24, 2.45) is 0 Å². The molecule has 64 valence electrons. The number of aldehydes is 1. The Balaban J connectivity index is 3.04. The van der Waals surface area contributed by atoms with Gasteiger partial charge in [-0.25, -0.2) is 0 Å². The highest BCUT2D eigenvalue weighted by molar-refractivity contribution is 5.74. The third kappa shape index (κ3) is 1.70. The number of nitrogens with zero attached hydrogens (tertiary/aromatic N) is 1. The third-order valence-electron chi connectivity index (χ3n) is 2.13. The minimum atomic E-state index is 0.416. The molecule has 0 aliphatic rings. The molecule has 12 heavy (non-hydrogen) atoms. The van der Waals surface area contributed by atoms with Crippen LogP contribution in [-0.4, -0.2) is 11.3 Å². The van der Waals surface area contributed by atoms with Crippen LogP contribution in [0.25, 0.3) is 0 Å². The van der Waals surface area contributed by atoms with E-state index in [1.54, 1.807) is 6.20 Å². The fourth-order valence-electron chi connectivity index (χ4n) is 1.17. The van der Waals surface area contributed by atoms with Gasteiger partial charge in [-0.1, -0.05) is 19.9 Å². The molecule has 1 aromatic rings. The van der Waals surface area contributed by atoms with E-state index in [1.165, 1.54) is 0 Å². The number of hydrogen-bond donors (Lipinski definition) is 0. The summed E-state index contributed by atoms with van der Waals surface area (Å²) in [7, 11) is 0. The van der Waals surface area contributed by atoms with Gasteiger partial charge in [-0.15, -0.1) is 0 Å². The predicted molar refractivity (Wildman–Crippen MR) is 48.3 cm³/mol. The molecule has 0 fully saturated rings. The first-order valence-electron chi connectivity index (χ1n) is 4.19. The number of rotatable bonds is 3. The molecule has 0 spiro atoms. The number of carbonyl (C=O) groups is 1. The molecule has 0 aromatic carbocycles. The largest absolute Gasteiger partial charge is 0.296 e. The van der Waals surface area contributed by atoms with Gasteiger partial charge < -0.3 is 0 Å². The molecule has 1 rings (SSSR count). The third-order valence-corrected chi connectivity index (χ3v) is 2.13. The van der Waals surface area contributed by atoms with Crippen LogP contribution in [0.3, 0.4) is 0 Å². The SMILES string of the molecule is CCC(C)c1cccnc1C=O. The zero-order valence-electron chi connectivity index (χ0n) is 7.45. The van der Waals surface area contributed by atoms with E-state index in [4.69, 9.17) is 0 Å².